The zero-order chi connectivity index (χ0) is 24.2. The fourth-order valence-corrected chi connectivity index (χ4v) is 4.47. The number of morpholine rings is 1. The van der Waals surface area contributed by atoms with Crippen LogP contribution in [0, 0.1) is 0 Å². The Morgan fingerprint density at radius 2 is 2.11 bits per heavy atom. The van der Waals surface area contributed by atoms with Crippen LogP contribution in [0.25, 0.3) is 11.3 Å². The van der Waals surface area contributed by atoms with Crippen LogP contribution in [0.5, 0.6) is 0 Å². The largest absolute Gasteiger partial charge is 0.382 e. The molecular formula is C24H27BN8O2. The molecule has 178 valence electrons. The number of hydrogen-bond acceptors (Lipinski definition) is 9. The molecule has 2 aliphatic rings. The normalized spacial score (nSPS) is 17.4. The number of nitrogens with two attached hydrogens (primary N) is 1. The Balaban J connectivity index is 1.37. The van der Waals surface area contributed by atoms with Gasteiger partial charge in [0, 0.05) is 43.1 Å². The lowest BCUT2D eigenvalue weighted by Gasteiger charge is -2.30. The van der Waals surface area contributed by atoms with Gasteiger partial charge < -0.3 is 31.2 Å². The van der Waals surface area contributed by atoms with Gasteiger partial charge in [0.05, 0.1) is 42.7 Å². The molecule has 1 aromatic carbocycles. The van der Waals surface area contributed by atoms with E-state index in [1.165, 1.54) is 5.56 Å². The summed E-state index contributed by atoms with van der Waals surface area (Å²) in [5, 5.41) is 9.14. The van der Waals surface area contributed by atoms with Gasteiger partial charge in [-0.25, -0.2) is 9.97 Å². The monoisotopic (exact) mass is 470 g/mol. The molecule has 1 fully saturated rings. The highest BCUT2D eigenvalue weighted by Crippen LogP contribution is 2.30. The number of nitrogens with zero attached hydrogens (tertiary/aromatic N) is 4. The Hall–Kier alpha value is -3.70. The van der Waals surface area contributed by atoms with E-state index in [1.54, 1.807) is 18.6 Å². The lowest BCUT2D eigenvalue weighted by molar-refractivity contribution is 0.102. The van der Waals surface area contributed by atoms with Crippen LogP contribution in [-0.4, -0.2) is 67.7 Å². The quantitative estimate of drug-likeness (QED) is 0.397. The molecule has 35 heavy (non-hydrogen) atoms. The van der Waals surface area contributed by atoms with Crippen LogP contribution >= 0.6 is 0 Å². The number of benzene rings is 1. The van der Waals surface area contributed by atoms with E-state index in [0.717, 1.165) is 42.9 Å². The minimum atomic E-state index is -0.434. The highest BCUT2D eigenvalue weighted by Gasteiger charge is 2.21. The van der Waals surface area contributed by atoms with E-state index < -0.39 is 5.91 Å². The molecule has 1 saturated heterocycles. The number of aromatic nitrogens is 3. The van der Waals surface area contributed by atoms with Crippen molar-refractivity contribution in [1.29, 1.82) is 0 Å². The Labute approximate surface area is 205 Å². The SMILES string of the molecule is [B]NCC1CCc2cc(-c3cnc(N)c(C(=O)Nc4cnccc4N4CCOCC4)n3)ccc2N1. The van der Waals surface area contributed by atoms with Gasteiger partial charge in [0.15, 0.2) is 19.5 Å². The summed E-state index contributed by atoms with van der Waals surface area (Å²) >= 11 is 0. The number of amides is 1. The van der Waals surface area contributed by atoms with E-state index in [2.05, 4.69) is 41.8 Å². The van der Waals surface area contributed by atoms with Crippen molar-refractivity contribution in [3.63, 3.8) is 0 Å². The molecule has 0 saturated carbocycles. The molecule has 4 heterocycles. The van der Waals surface area contributed by atoms with Crippen molar-refractivity contribution in [2.45, 2.75) is 18.9 Å². The number of carbonyl (C=O) groups excluding carboxylic acids is 1. The number of nitrogens with one attached hydrogen (secondary N) is 3. The molecule has 0 bridgehead atoms. The summed E-state index contributed by atoms with van der Waals surface area (Å²) in [6.45, 7) is 3.45. The fourth-order valence-electron chi connectivity index (χ4n) is 4.47. The average molecular weight is 470 g/mol. The minimum absolute atomic E-state index is 0.0693. The van der Waals surface area contributed by atoms with Crippen molar-refractivity contribution >= 4 is 36.8 Å². The molecule has 10 nitrogen and oxygen atoms in total. The second-order valence-electron chi connectivity index (χ2n) is 8.60. The first-order valence-electron chi connectivity index (χ1n) is 11.7. The molecule has 2 aromatic heterocycles. The summed E-state index contributed by atoms with van der Waals surface area (Å²) in [6, 6.07) is 8.23. The van der Waals surface area contributed by atoms with E-state index in [4.69, 9.17) is 18.5 Å². The number of carbonyl (C=O) groups is 1. The molecule has 2 aliphatic heterocycles. The highest BCUT2D eigenvalue weighted by atomic mass is 16.5. The van der Waals surface area contributed by atoms with Crippen molar-refractivity contribution in [3.8, 4) is 11.3 Å². The molecule has 2 radical (unpaired) electrons. The second-order valence-corrected chi connectivity index (χ2v) is 8.60. The van der Waals surface area contributed by atoms with Crippen LogP contribution in [0.1, 0.15) is 22.5 Å². The molecule has 0 aliphatic carbocycles. The predicted octanol–water partition coefficient (Wildman–Crippen LogP) is 1.61. The lowest BCUT2D eigenvalue weighted by atomic mass is 9.95. The number of fused-ring (bicyclic) bond motifs is 1. The standard InChI is InChI=1S/C24H27BN8O2/c25-29-12-17-3-1-15-11-16(2-4-18(15)30-17)19-14-28-23(26)22(31-19)24(34)32-20-13-27-6-5-21(20)33-7-9-35-10-8-33/h2,4-6,11,13-14,17,29-30H,1,3,7-10,12H2,(H2,26,28)(H,32,34). The predicted molar refractivity (Wildman–Crippen MR) is 137 cm³/mol. The zero-order valence-electron chi connectivity index (χ0n) is 19.3. The van der Waals surface area contributed by atoms with Gasteiger partial charge in [0.1, 0.15) is 0 Å². The van der Waals surface area contributed by atoms with Crippen molar-refractivity contribution in [1.82, 2.24) is 20.2 Å². The van der Waals surface area contributed by atoms with Crippen molar-refractivity contribution in [2.75, 3.05) is 54.1 Å². The summed E-state index contributed by atoms with van der Waals surface area (Å²) in [5.74, 6) is -0.365. The number of anilines is 4. The van der Waals surface area contributed by atoms with Crippen LogP contribution in [0.3, 0.4) is 0 Å². The summed E-state index contributed by atoms with van der Waals surface area (Å²) in [5.41, 5.74) is 11.3. The smallest absolute Gasteiger partial charge is 0.278 e. The van der Waals surface area contributed by atoms with Gasteiger partial charge in [0.25, 0.3) is 5.91 Å². The van der Waals surface area contributed by atoms with Crippen molar-refractivity contribution in [3.05, 3.63) is 54.1 Å². The van der Waals surface area contributed by atoms with Gasteiger partial charge in [-0.1, -0.05) is 6.07 Å². The number of pyridine rings is 1. The van der Waals surface area contributed by atoms with Gasteiger partial charge in [-0.05, 0) is 36.6 Å². The molecule has 11 heteroatoms. The van der Waals surface area contributed by atoms with E-state index >= 15 is 0 Å². The average Bonchev–Trinajstić information content (AvgIpc) is 2.89. The molecule has 1 unspecified atom stereocenters. The summed E-state index contributed by atoms with van der Waals surface area (Å²) in [7, 11) is 5.47. The zero-order valence-corrected chi connectivity index (χ0v) is 19.3. The third kappa shape index (κ3) is 5.05. The number of rotatable bonds is 6. The first-order valence-corrected chi connectivity index (χ1v) is 11.7. The molecule has 1 atom stereocenters. The van der Waals surface area contributed by atoms with Crippen LogP contribution < -0.4 is 26.5 Å². The van der Waals surface area contributed by atoms with E-state index in [1.807, 2.05) is 18.2 Å². The van der Waals surface area contributed by atoms with Crippen LogP contribution in [0.4, 0.5) is 22.9 Å². The van der Waals surface area contributed by atoms with Gasteiger partial charge >= 0.3 is 0 Å². The minimum Gasteiger partial charge on any atom is -0.382 e. The maximum absolute atomic E-state index is 13.2. The fraction of sp³-hybridized carbons (Fsp3) is 0.333. The number of aryl methyl sites for hydroxylation is 1. The highest BCUT2D eigenvalue weighted by molar-refractivity contribution is 6.07. The molecule has 1 amide bonds. The van der Waals surface area contributed by atoms with E-state index in [0.29, 0.717) is 37.2 Å². The molecule has 5 rings (SSSR count). The third-order valence-corrected chi connectivity index (χ3v) is 6.30. The van der Waals surface area contributed by atoms with Gasteiger partial charge in [-0.2, -0.15) is 0 Å². The Kier molecular flexibility index (Phi) is 6.78. The van der Waals surface area contributed by atoms with Crippen LogP contribution in [-0.2, 0) is 11.2 Å². The maximum Gasteiger partial charge on any atom is 0.278 e. The first kappa shape index (κ1) is 23.1. The van der Waals surface area contributed by atoms with E-state index in [9.17, 15) is 4.79 Å². The summed E-state index contributed by atoms with van der Waals surface area (Å²) in [6.07, 6.45) is 6.81. The molecule has 5 N–H and O–H groups in total. The molecule has 3 aromatic rings. The van der Waals surface area contributed by atoms with E-state index in [-0.39, 0.29) is 11.5 Å². The molecule has 0 spiro atoms. The van der Waals surface area contributed by atoms with Crippen LogP contribution in [0.15, 0.2) is 42.9 Å². The number of nitrogen functional groups attached to an aromatic ring is 1. The van der Waals surface area contributed by atoms with Gasteiger partial charge in [-0.15, -0.1) is 0 Å². The maximum atomic E-state index is 13.2. The number of ether oxygens (including phenoxy) is 1. The van der Waals surface area contributed by atoms with Crippen molar-refractivity contribution < 1.29 is 9.53 Å². The number of hydrogen-bond donors (Lipinski definition) is 4. The van der Waals surface area contributed by atoms with Gasteiger partial charge in [0.2, 0.25) is 0 Å². The lowest BCUT2D eigenvalue weighted by Crippen LogP contribution is -2.36. The Morgan fingerprint density at radius 3 is 2.94 bits per heavy atom. The third-order valence-electron chi connectivity index (χ3n) is 6.30. The molecular weight excluding hydrogens is 443 g/mol. The summed E-state index contributed by atoms with van der Waals surface area (Å²) in [4.78, 5) is 28.3. The second kappa shape index (κ2) is 10.3. The topological polar surface area (TPSA) is 130 Å². The Bertz CT molecular complexity index is 1220. The Morgan fingerprint density at radius 1 is 1.26 bits per heavy atom. The van der Waals surface area contributed by atoms with Crippen molar-refractivity contribution in [2.24, 2.45) is 0 Å². The van der Waals surface area contributed by atoms with Gasteiger partial charge in [-0.3, -0.25) is 9.78 Å². The first-order chi connectivity index (χ1) is 17.1. The summed E-state index contributed by atoms with van der Waals surface area (Å²) < 4.78 is 5.44. The van der Waals surface area contributed by atoms with Crippen LogP contribution in [0.2, 0.25) is 0 Å².